The van der Waals surface area contributed by atoms with Crippen LogP contribution in [0.2, 0.25) is 0 Å². The number of carbonyl (C=O) groups excluding carboxylic acids is 1. The summed E-state index contributed by atoms with van der Waals surface area (Å²) >= 11 is 0. The Morgan fingerprint density at radius 2 is 2.15 bits per heavy atom. The third-order valence-corrected chi connectivity index (χ3v) is 3.93. The van der Waals surface area contributed by atoms with Crippen molar-refractivity contribution in [3.8, 4) is 0 Å². The standard InChI is InChI=1S/C14H19N3O2.ClH/c18-13-10-19-14(4-7-15-8-5-14)11-17(13)9-12-3-1-2-6-16-12;/h1-3,6,15H,4-5,7-11H2;1H. The second kappa shape index (κ2) is 6.52. The van der Waals surface area contributed by atoms with E-state index in [1.54, 1.807) is 6.20 Å². The van der Waals surface area contributed by atoms with Gasteiger partial charge in [0, 0.05) is 6.20 Å². The number of hydrogen-bond donors (Lipinski definition) is 1. The van der Waals surface area contributed by atoms with Crippen LogP contribution >= 0.6 is 12.4 Å². The molecule has 0 aromatic carbocycles. The summed E-state index contributed by atoms with van der Waals surface area (Å²) in [6, 6.07) is 5.80. The van der Waals surface area contributed by atoms with E-state index in [-0.39, 0.29) is 30.5 Å². The van der Waals surface area contributed by atoms with Gasteiger partial charge in [-0.05, 0) is 38.1 Å². The number of nitrogens with one attached hydrogen (secondary N) is 1. The van der Waals surface area contributed by atoms with E-state index in [1.165, 1.54) is 0 Å². The number of rotatable bonds is 2. The molecule has 3 heterocycles. The van der Waals surface area contributed by atoms with Gasteiger partial charge < -0.3 is 15.0 Å². The van der Waals surface area contributed by atoms with Crippen LogP contribution in [0.3, 0.4) is 0 Å². The summed E-state index contributed by atoms with van der Waals surface area (Å²) in [5.41, 5.74) is 0.787. The molecule has 0 saturated carbocycles. The summed E-state index contributed by atoms with van der Waals surface area (Å²) in [5, 5.41) is 3.34. The van der Waals surface area contributed by atoms with E-state index in [9.17, 15) is 4.79 Å². The van der Waals surface area contributed by atoms with Gasteiger partial charge in [-0.2, -0.15) is 0 Å². The molecule has 1 N–H and O–H groups in total. The first-order chi connectivity index (χ1) is 9.27. The highest BCUT2D eigenvalue weighted by Crippen LogP contribution is 2.28. The summed E-state index contributed by atoms with van der Waals surface area (Å²) in [4.78, 5) is 18.2. The highest BCUT2D eigenvalue weighted by Gasteiger charge is 2.40. The number of ether oxygens (including phenoxy) is 1. The Morgan fingerprint density at radius 3 is 2.85 bits per heavy atom. The van der Waals surface area contributed by atoms with E-state index in [0.717, 1.165) is 31.6 Å². The molecular weight excluding hydrogens is 278 g/mol. The van der Waals surface area contributed by atoms with Gasteiger partial charge in [0.2, 0.25) is 5.91 Å². The van der Waals surface area contributed by atoms with Crippen LogP contribution in [0, 0.1) is 0 Å². The molecule has 2 saturated heterocycles. The lowest BCUT2D eigenvalue weighted by Gasteiger charge is -2.44. The van der Waals surface area contributed by atoms with Crippen molar-refractivity contribution >= 4 is 18.3 Å². The van der Waals surface area contributed by atoms with Crippen LogP contribution in [-0.2, 0) is 16.1 Å². The topological polar surface area (TPSA) is 54.5 Å². The first-order valence-electron chi connectivity index (χ1n) is 6.80. The average Bonchev–Trinajstić information content (AvgIpc) is 2.45. The highest BCUT2D eigenvalue weighted by atomic mass is 35.5. The molecule has 0 unspecified atom stereocenters. The van der Waals surface area contributed by atoms with Gasteiger partial charge in [0.15, 0.2) is 0 Å². The van der Waals surface area contributed by atoms with E-state index in [2.05, 4.69) is 10.3 Å². The predicted octanol–water partition coefficient (Wildman–Crippen LogP) is 0.984. The summed E-state index contributed by atoms with van der Waals surface area (Å²) in [7, 11) is 0. The van der Waals surface area contributed by atoms with Crippen LogP contribution < -0.4 is 5.32 Å². The molecule has 5 nitrogen and oxygen atoms in total. The number of halogens is 1. The van der Waals surface area contributed by atoms with Crippen molar-refractivity contribution in [1.29, 1.82) is 0 Å². The lowest BCUT2D eigenvalue weighted by molar-refractivity contribution is -0.169. The number of amides is 1. The number of aromatic nitrogens is 1. The fraction of sp³-hybridized carbons (Fsp3) is 0.571. The lowest BCUT2D eigenvalue weighted by Crippen LogP contribution is -2.57. The molecule has 1 aromatic heterocycles. The lowest BCUT2D eigenvalue weighted by atomic mass is 9.90. The minimum atomic E-state index is -0.145. The van der Waals surface area contributed by atoms with Gasteiger partial charge >= 0.3 is 0 Å². The Bertz CT molecular complexity index is 449. The van der Waals surface area contributed by atoms with Crippen molar-refractivity contribution in [2.45, 2.75) is 25.0 Å². The molecule has 2 aliphatic heterocycles. The van der Waals surface area contributed by atoms with E-state index in [0.29, 0.717) is 13.1 Å². The molecule has 6 heteroatoms. The fourth-order valence-electron chi connectivity index (χ4n) is 2.80. The van der Waals surface area contributed by atoms with Crippen molar-refractivity contribution in [3.63, 3.8) is 0 Å². The fourth-order valence-corrected chi connectivity index (χ4v) is 2.80. The van der Waals surface area contributed by atoms with Crippen LogP contribution in [0.1, 0.15) is 18.5 Å². The summed E-state index contributed by atoms with van der Waals surface area (Å²) < 4.78 is 5.84. The summed E-state index contributed by atoms with van der Waals surface area (Å²) in [6.07, 6.45) is 3.71. The van der Waals surface area contributed by atoms with Gasteiger partial charge in [-0.3, -0.25) is 9.78 Å². The number of carbonyl (C=O) groups is 1. The van der Waals surface area contributed by atoms with E-state index < -0.39 is 0 Å². The van der Waals surface area contributed by atoms with Gasteiger partial charge in [0.05, 0.1) is 24.4 Å². The minimum Gasteiger partial charge on any atom is -0.363 e. The molecule has 1 spiro atoms. The zero-order chi connectivity index (χ0) is 13.1. The Balaban J connectivity index is 0.00000147. The zero-order valence-electron chi connectivity index (χ0n) is 11.4. The maximum absolute atomic E-state index is 12.0. The number of hydrogen-bond acceptors (Lipinski definition) is 4. The van der Waals surface area contributed by atoms with Crippen LogP contribution in [0.15, 0.2) is 24.4 Å². The van der Waals surface area contributed by atoms with Gasteiger partial charge in [-0.1, -0.05) is 6.07 Å². The number of pyridine rings is 1. The van der Waals surface area contributed by atoms with Crippen molar-refractivity contribution in [3.05, 3.63) is 30.1 Å². The van der Waals surface area contributed by atoms with Gasteiger partial charge in [0.1, 0.15) is 6.61 Å². The molecule has 2 fully saturated rings. The summed E-state index contributed by atoms with van der Waals surface area (Å²) in [6.45, 7) is 3.40. The normalized spacial score (nSPS) is 21.6. The molecular formula is C14H20ClN3O2. The van der Waals surface area contributed by atoms with Crippen LogP contribution in [0.4, 0.5) is 0 Å². The molecule has 1 amide bonds. The molecule has 3 rings (SSSR count). The third kappa shape index (κ3) is 3.29. The second-order valence-corrected chi connectivity index (χ2v) is 5.29. The average molecular weight is 298 g/mol. The Kier molecular flexibility index (Phi) is 4.96. The van der Waals surface area contributed by atoms with Crippen LogP contribution in [0.25, 0.3) is 0 Å². The van der Waals surface area contributed by atoms with Crippen LogP contribution in [-0.4, -0.2) is 47.6 Å². The Morgan fingerprint density at radius 1 is 1.35 bits per heavy atom. The SMILES string of the molecule is Cl.O=C1COC2(CCNCC2)CN1Cc1ccccn1. The first-order valence-corrected chi connectivity index (χ1v) is 6.80. The van der Waals surface area contributed by atoms with Crippen molar-refractivity contribution < 1.29 is 9.53 Å². The number of morpholine rings is 1. The molecule has 0 atom stereocenters. The van der Waals surface area contributed by atoms with Crippen molar-refractivity contribution in [2.24, 2.45) is 0 Å². The van der Waals surface area contributed by atoms with E-state index in [4.69, 9.17) is 4.74 Å². The third-order valence-electron chi connectivity index (χ3n) is 3.93. The second-order valence-electron chi connectivity index (χ2n) is 5.29. The smallest absolute Gasteiger partial charge is 0.249 e. The quantitative estimate of drug-likeness (QED) is 0.884. The van der Waals surface area contributed by atoms with Crippen molar-refractivity contribution in [1.82, 2.24) is 15.2 Å². The molecule has 1 aromatic rings. The van der Waals surface area contributed by atoms with E-state index >= 15 is 0 Å². The first kappa shape index (κ1) is 15.2. The number of nitrogens with zero attached hydrogens (tertiary/aromatic N) is 2. The van der Waals surface area contributed by atoms with Crippen LogP contribution in [0.5, 0.6) is 0 Å². The molecule has 0 radical (unpaired) electrons. The Hall–Kier alpha value is -1.17. The summed E-state index contributed by atoms with van der Waals surface area (Å²) in [5.74, 6) is 0.0646. The largest absolute Gasteiger partial charge is 0.363 e. The molecule has 0 bridgehead atoms. The molecule has 110 valence electrons. The van der Waals surface area contributed by atoms with Gasteiger partial charge in [-0.15, -0.1) is 12.4 Å². The predicted molar refractivity (Wildman–Crippen MR) is 77.7 cm³/mol. The van der Waals surface area contributed by atoms with E-state index in [1.807, 2.05) is 23.1 Å². The Labute approximate surface area is 125 Å². The zero-order valence-corrected chi connectivity index (χ0v) is 12.2. The number of piperidine rings is 1. The maximum Gasteiger partial charge on any atom is 0.249 e. The van der Waals surface area contributed by atoms with Gasteiger partial charge in [0.25, 0.3) is 0 Å². The monoisotopic (exact) mass is 297 g/mol. The molecule has 20 heavy (non-hydrogen) atoms. The molecule has 0 aliphatic carbocycles. The van der Waals surface area contributed by atoms with Crippen molar-refractivity contribution in [2.75, 3.05) is 26.2 Å². The minimum absolute atomic E-state index is 0. The highest BCUT2D eigenvalue weighted by molar-refractivity contribution is 5.85. The molecule has 2 aliphatic rings. The van der Waals surface area contributed by atoms with Gasteiger partial charge in [-0.25, -0.2) is 0 Å². The maximum atomic E-state index is 12.0.